The molecule has 4 heterocycles. The third-order valence-electron chi connectivity index (χ3n) is 6.77. The fourth-order valence-electron chi connectivity index (χ4n) is 4.86. The van der Waals surface area contributed by atoms with Crippen molar-refractivity contribution in [2.24, 2.45) is 4.99 Å². The Morgan fingerprint density at radius 3 is 2.48 bits per heavy atom. The number of amidine groups is 1. The second kappa shape index (κ2) is 10.4. The van der Waals surface area contributed by atoms with E-state index in [4.69, 9.17) is 4.99 Å². The van der Waals surface area contributed by atoms with Gasteiger partial charge in [0.1, 0.15) is 5.82 Å². The molecule has 1 aliphatic rings. The number of thioether (sulfide) groups is 1. The van der Waals surface area contributed by atoms with E-state index < -0.39 is 0 Å². The molecule has 5 aromatic rings. The monoisotopic (exact) mass is 546 g/mol. The van der Waals surface area contributed by atoms with Crippen molar-refractivity contribution in [3.63, 3.8) is 0 Å². The molecule has 1 amide bonds. The maximum atomic E-state index is 13.7. The van der Waals surface area contributed by atoms with Crippen LogP contribution in [0.3, 0.4) is 0 Å². The number of rotatable bonds is 5. The Morgan fingerprint density at radius 1 is 0.925 bits per heavy atom. The fraction of sp³-hybridized carbons (Fsp3) is 0.129. The Bertz CT molecular complexity index is 1870. The van der Waals surface area contributed by atoms with Gasteiger partial charge in [0.2, 0.25) is 0 Å². The number of nitrogens with zero attached hydrogens (tertiary/aromatic N) is 6. The smallest absolute Gasteiger partial charge is 0.280 e. The van der Waals surface area contributed by atoms with Crippen molar-refractivity contribution in [1.82, 2.24) is 24.2 Å². The lowest BCUT2D eigenvalue weighted by molar-refractivity contribution is -0.122. The summed E-state index contributed by atoms with van der Waals surface area (Å²) in [5.41, 5.74) is 4.73. The van der Waals surface area contributed by atoms with Crippen LogP contribution in [0.15, 0.2) is 99.9 Å². The molecule has 0 spiro atoms. The van der Waals surface area contributed by atoms with E-state index in [0.29, 0.717) is 33.3 Å². The second-order valence-electron chi connectivity index (χ2n) is 9.52. The summed E-state index contributed by atoms with van der Waals surface area (Å²) in [6.45, 7) is 6.07. The molecular formula is C31H26N6O2S. The quantitative estimate of drug-likeness (QED) is 0.267. The van der Waals surface area contributed by atoms with Crippen molar-refractivity contribution in [3.05, 3.63) is 129 Å². The number of hydrogen-bond donors (Lipinski definition) is 0. The molecule has 8 nitrogen and oxygen atoms in total. The van der Waals surface area contributed by atoms with Crippen LogP contribution in [-0.4, -0.2) is 35.3 Å². The first-order valence-corrected chi connectivity index (χ1v) is 13.6. The van der Waals surface area contributed by atoms with Gasteiger partial charge in [-0.05, 0) is 86.1 Å². The van der Waals surface area contributed by atoms with Crippen LogP contribution in [-0.2, 0) is 11.3 Å². The van der Waals surface area contributed by atoms with Crippen LogP contribution in [0.25, 0.3) is 17.0 Å². The van der Waals surface area contributed by atoms with E-state index in [1.165, 1.54) is 11.8 Å². The lowest BCUT2D eigenvalue weighted by Gasteiger charge is -2.16. The van der Waals surface area contributed by atoms with Gasteiger partial charge in [-0.25, -0.2) is 9.98 Å². The fourth-order valence-corrected chi connectivity index (χ4v) is 5.85. The second-order valence-corrected chi connectivity index (χ2v) is 10.5. The van der Waals surface area contributed by atoms with Gasteiger partial charge in [0, 0.05) is 23.8 Å². The van der Waals surface area contributed by atoms with Crippen LogP contribution in [0.1, 0.15) is 28.3 Å². The SMILES string of the molecule is Cc1cc(C=C2SC(=Nc3ccccc3)N(Cc3cccnc3)C2=O)c(C)n1-n1c(C)nc2ccccc2c1=O. The van der Waals surface area contributed by atoms with E-state index >= 15 is 0 Å². The van der Waals surface area contributed by atoms with Crippen molar-refractivity contribution in [1.29, 1.82) is 0 Å². The predicted octanol–water partition coefficient (Wildman–Crippen LogP) is 5.63. The zero-order valence-corrected chi connectivity index (χ0v) is 23.1. The van der Waals surface area contributed by atoms with E-state index in [2.05, 4.69) is 9.97 Å². The zero-order valence-electron chi connectivity index (χ0n) is 22.3. The largest absolute Gasteiger partial charge is 0.282 e. The number of hydrogen-bond acceptors (Lipinski definition) is 6. The summed E-state index contributed by atoms with van der Waals surface area (Å²) in [4.78, 5) is 43.1. The Kier molecular flexibility index (Phi) is 6.65. The molecule has 40 heavy (non-hydrogen) atoms. The number of benzene rings is 2. The van der Waals surface area contributed by atoms with E-state index in [9.17, 15) is 9.59 Å². The van der Waals surface area contributed by atoms with Crippen molar-refractivity contribution in [2.75, 3.05) is 0 Å². The van der Waals surface area contributed by atoms with Crippen LogP contribution in [0, 0.1) is 20.8 Å². The highest BCUT2D eigenvalue weighted by Gasteiger charge is 2.34. The predicted molar refractivity (Wildman–Crippen MR) is 159 cm³/mol. The highest BCUT2D eigenvalue weighted by molar-refractivity contribution is 8.18. The molecule has 0 aliphatic carbocycles. The molecule has 1 fully saturated rings. The molecule has 2 aromatic carbocycles. The summed E-state index contributed by atoms with van der Waals surface area (Å²) < 4.78 is 3.45. The Hall–Kier alpha value is -4.76. The number of fused-ring (bicyclic) bond motifs is 1. The first-order chi connectivity index (χ1) is 19.4. The van der Waals surface area contributed by atoms with Crippen molar-refractivity contribution in [2.45, 2.75) is 27.3 Å². The summed E-state index contributed by atoms with van der Waals surface area (Å²) in [6.07, 6.45) is 5.34. The highest BCUT2D eigenvalue weighted by atomic mass is 32.2. The first-order valence-electron chi connectivity index (χ1n) is 12.8. The number of aliphatic imine (C=N–C) groups is 1. The maximum absolute atomic E-state index is 13.7. The lowest BCUT2D eigenvalue weighted by atomic mass is 10.2. The average Bonchev–Trinajstić information content (AvgIpc) is 3.39. The molecule has 3 aromatic heterocycles. The van der Waals surface area contributed by atoms with Crippen LogP contribution in [0.5, 0.6) is 0 Å². The molecule has 0 radical (unpaired) electrons. The molecular weight excluding hydrogens is 520 g/mol. The first kappa shape index (κ1) is 25.5. The molecule has 198 valence electrons. The lowest BCUT2D eigenvalue weighted by Crippen LogP contribution is -2.30. The molecule has 0 bridgehead atoms. The molecule has 0 atom stereocenters. The Labute approximate surface area is 235 Å². The molecule has 1 saturated heterocycles. The number of para-hydroxylation sites is 2. The van der Waals surface area contributed by atoms with Crippen molar-refractivity contribution < 1.29 is 4.79 Å². The highest BCUT2D eigenvalue weighted by Crippen LogP contribution is 2.36. The number of carbonyl (C=O) groups excluding carboxylic acids is 1. The molecule has 0 unspecified atom stereocenters. The minimum atomic E-state index is -0.143. The Balaban J connectivity index is 1.42. The van der Waals surface area contributed by atoms with Crippen LogP contribution >= 0.6 is 11.8 Å². The van der Waals surface area contributed by atoms with Crippen molar-refractivity contribution >= 4 is 45.5 Å². The minimum absolute atomic E-state index is 0.131. The van der Waals surface area contributed by atoms with Gasteiger partial charge < -0.3 is 0 Å². The van der Waals surface area contributed by atoms with Gasteiger partial charge in [-0.3, -0.25) is 24.1 Å². The number of carbonyl (C=O) groups is 1. The van der Waals surface area contributed by atoms with Gasteiger partial charge in [-0.15, -0.1) is 0 Å². The maximum Gasteiger partial charge on any atom is 0.280 e. The third-order valence-corrected chi connectivity index (χ3v) is 7.78. The molecule has 9 heteroatoms. The van der Waals surface area contributed by atoms with Gasteiger partial charge >= 0.3 is 0 Å². The normalized spacial score (nSPS) is 15.6. The number of pyridine rings is 1. The minimum Gasteiger partial charge on any atom is -0.282 e. The summed E-state index contributed by atoms with van der Waals surface area (Å²) in [6, 6.07) is 22.7. The summed E-state index contributed by atoms with van der Waals surface area (Å²) in [5, 5.41) is 1.15. The zero-order chi connectivity index (χ0) is 27.8. The molecule has 0 saturated carbocycles. The summed E-state index contributed by atoms with van der Waals surface area (Å²) >= 11 is 1.34. The summed E-state index contributed by atoms with van der Waals surface area (Å²) in [5.74, 6) is 0.449. The number of aromatic nitrogens is 4. The number of aryl methyl sites for hydroxylation is 2. The van der Waals surface area contributed by atoms with Crippen molar-refractivity contribution in [3.8, 4) is 0 Å². The van der Waals surface area contributed by atoms with Gasteiger partial charge in [-0.2, -0.15) is 4.68 Å². The van der Waals surface area contributed by atoms with E-state index in [-0.39, 0.29) is 11.5 Å². The third kappa shape index (κ3) is 4.65. The van der Waals surface area contributed by atoms with Crippen LogP contribution in [0.4, 0.5) is 5.69 Å². The topological polar surface area (TPSA) is 85.4 Å². The van der Waals surface area contributed by atoms with Gasteiger partial charge in [0.05, 0.1) is 28.0 Å². The standard InChI is InChI=1S/C31H26N6O2S/c1-20-16-24(21(2)36(20)37-22(3)33-27-14-8-7-13-26(27)29(37)38)17-28-30(39)35(19-23-10-9-15-32-18-23)31(40-28)34-25-11-5-4-6-12-25/h4-18H,19H2,1-3H3. The molecule has 0 N–H and O–H groups in total. The van der Waals surface area contributed by atoms with Gasteiger partial charge in [0.15, 0.2) is 5.17 Å². The number of amides is 1. The van der Waals surface area contributed by atoms with E-state index in [0.717, 1.165) is 28.2 Å². The summed E-state index contributed by atoms with van der Waals surface area (Å²) in [7, 11) is 0. The van der Waals surface area contributed by atoms with Gasteiger partial charge in [0.25, 0.3) is 11.5 Å². The molecule has 1 aliphatic heterocycles. The molecule has 6 rings (SSSR count). The average molecular weight is 547 g/mol. The van der Waals surface area contributed by atoms with E-state index in [1.54, 1.807) is 28.0 Å². The van der Waals surface area contributed by atoms with Crippen LogP contribution < -0.4 is 5.56 Å². The Morgan fingerprint density at radius 2 is 1.70 bits per heavy atom. The van der Waals surface area contributed by atoms with Gasteiger partial charge in [-0.1, -0.05) is 36.4 Å². The van der Waals surface area contributed by atoms with Crippen LogP contribution in [0.2, 0.25) is 0 Å². The van der Waals surface area contributed by atoms with E-state index in [1.807, 2.05) is 98.3 Å².